The molecule has 47 valence electrons. The summed E-state index contributed by atoms with van der Waals surface area (Å²) in [4.78, 5) is 0. The molecule has 0 heterocycles. The maximum atomic E-state index is 3.89. The topological polar surface area (TPSA) is 0 Å². The highest BCUT2D eigenvalue weighted by atomic mass is 13.9. The molecule has 0 fully saturated rings. The Bertz CT molecular complexity index is 189. The van der Waals surface area contributed by atoms with Crippen molar-refractivity contribution in [3.63, 3.8) is 0 Å². The Morgan fingerprint density at radius 3 is 2.44 bits per heavy atom. The Morgan fingerprint density at radius 1 is 1.33 bits per heavy atom. The van der Waals surface area contributed by atoms with Crippen LogP contribution < -0.4 is 0 Å². The van der Waals surface area contributed by atoms with Gasteiger partial charge < -0.3 is 0 Å². The van der Waals surface area contributed by atoms with E-state index < -0.39 is 0 Å². The van der Waals surface area contributed by atoms with Crippen LogP contribution in [0.5, 0.6) is 0 Å². The smallest absolute Gasteiger partial charge is 0.0235 e. The molecule has 1 aromatic carbocycles. The van der Waals surface area contributed by atoms with Crippen molar-refractivity contribution in [3.05, 3.63) is 42.3 Å². The number of aryl methyl sites for hydroxylation is 1. The molecule has 0 aromatic heterocycles. The molecule has 0 bridgehead atoms. The van der Waals surface area contributed by atoms with Gasteiger partial charge in [-0.1, -0.05) is 31.2 Å². The molecular weight excluding hydrogens is 108 g/mol. The van der Waals surface area contributed by atoms with Gasteiger partial charge in [-0.3, -0.25) is 0 Å². The van der Waals surface area contributed by atoms with Gasteiger partial charge in [-0.15, -0.1) is 0 Å². The third-order valence-electron chi connectivity index (χ3n) is 1.50. The molecule has 0 saturated carbocycles. The number of hydrogen-bond donors (Lipinski definition) is 0. The van der Waals surface area contributed by atoms with E-state index in [0.29, 0.717) is 0 Å². The van der Waals surface area contributed by atoms with Crippen LogP contribution in [-0.2, 0) is 6.42 Å². The number of benzene rings is 1. The van der Waals surface area contributed by atoms with E-state index in [1.54, 1.807) is 0 Å². The summed E-state index contributed by atoms with van der Waals surface area (Å²) in [5.41, 5.74) is 2.50. The summed E-state index contributed by atoms with van der Waals surface area (Å²) in [6.45, 7) is 6.03. The van der Waals surface area contributed by atoms with E-state index >= 15 is 0 Å². The first kappa shape index (κ1) is 6.34. The maximum Gasteiger partial charge on any atom is -0.0235 e. The lowest BCUT2D eigenvalue weighted by Gasteiger charge is -1.98. The molecule has 0 aliphatic heterocycles. The lowest BCUT2D eigenvalue weighted by atomic mass is 10.1. The average molecular weight is 119 g/mol. The van der Waals surface area contributed by atoms with Crippen LogP contribution in [0, 0.1) is 6.92 Å². The summed E-state index contributed by atoms with van der Waals surface area (Å²) < 4.78 is 0. The predicted molar refractivity (Wildman–Crippen MR) is 40.3 cm³/mol. The van der Waals surface area contributed by atoms with Crippen LogP contribution in [0.15, 0.2) is 24.3 Å². The normalized spacial score (nSPS) is 9.56. The van der Waals surface area contributed by atoms with Gasteiger partial charge in [0.15, 0.2) is 0 Å². The predicted octanol–water partition coefficient (Wildman–Crippen LogP) is 2.43. The average Bonchev–Trinajstić information content (AvgIpc) is 1.89. The summed E-state index contributed by atoms with van der Waals surface area (Å²) in [6.07, 6.45) is 1.08. The molecule has 0 aliphatic carbocycles. The molecular formula is C9H11. The minimum atomic E-state index is 1.08. The second-order valence-electron chi connectivity index (χ2n) is 2.12. The Labute approximate surface area is 56.5 Å². The van der Waals surface area contributed by atoms with Crippen molar-refractivity contribution in [2.45, 2.75) is 13.3 Å². The van der Waals surface area contributed by atoms with E-state index in [2.05, 4.69) is 19.9 Å². The molecule has 0 nitrogen and oxygen atoms in total. The van der Waals surface area contributed by atoms with Gasteiger partial charge in [0, 0.05) is 0 Å². The van der Waals surface area contributed by atoms with Crippen molar-refractivity contribution >= 4 is 0 Å². The van der Waals surface area contributed by atoms with E-state index in [4.69, 9.17) is 0 Å². The Morgan fingerprint density at radius 2 is 2.00 bits per heavy atom. The fourth-order valence-electron chi connectivity index (χ4n) is 0.902. The van der Waals surface area contributed by atoms with E-state index in [0.717, 1.165) is 12.0 Å². The highest BCUT2D eigenvalue weighted by Crippen LogP contribution is 2.05. The third kappa shape index (κ3) is 1.32. The lowest BCUT2D eigenvalue weighted by molar-refractivity contribution is 1.13. The first-order valence-corrected chi connectivity index (χ1v) is 3.24. The van der Waals surface area contributed by atoms with Gasteiger partial charge in [0.05, 0.1) is 0 Å². The highest BCUT2D eigenvalue weighted by Gasteiger charge is 1.89. The van der Waals surface area contributed by atoms with E-state index in [-0.39, 0.29) is 0 Å². The lowest BCUT2D eigenvalue weighted by Crippen LogP contribution is -1.82. The van der Waals surface area contributed by atoms with Gasteiger partial charge in [-0.05, 0) is 24.5 Å². The second-order valence-corrected chi connectivity index (χ2v) is 2.12. The first-order valence-electron chi connectivity index (χ1n) is 3.24. The van der Waals surface area contributed by atoms with Crippen molar-refractivity contribution in [3.8, 4) is 0 Å². The second kappa shape index (κ2) is 2.67. The van der Waals surface area contributed by atoms with Gasteiger partial charge in [0.2, 0.25) is 0 Å². The zero-order valence-corrected chi connectivity index (χ0v) is 5.72. The van der Waals surface area contributed by atoms with Gasteiger partial charge in [-0.2, -0.15) is 0 Å². The van der Waals surface area contributed by atoms with Crippen LogP contribution >= 0.6 is 0 Å². The molecule has 0 heteroatoms. The van der Waals surface area contributed by atoms with Gasteiger partial charge in [0.1, 0.15) is 0 Å². The fourth-order valence-corrected chi connectivity index (χ4v) is 0.902. The molecule has 0 atom stereocenters. The summed E-state index contributed by atoms with van der Waals surface area (Å²) in [6, 6.07) is 8.22. The largest absolute Gasteiger partial charge is 0.0620 e. The van der Waals surface area contributed by atoms with Crippen LogP contribution in [0.3, 0.4) is 0 Å². The highest BCUT2D eigenvalue weighted by molar-refractivity contribution is 5.28. The van der Waals surface area contributed by atoms with E-state index in [1.165, 1.54) is 5.56 Å². The Balaban J connectivity index is 3.01. The first-order chi connectivity index (χ1) is 4.34. The number of hydrogen-bond acceptors (Lipinski definition) is 0. The Kier molecular flexibility index (Phi) is 1.88. The third-order valence-corrected chi connectivity index (χ3v) is 1.50. The van der Waals surface area contributed by atoms with Crippen LogP contribution in [0.25, 0.3) is 0 Å². The molecule has 0 N–H and O–H groups in total. The van der Waals surface area contributed by atoms with Crippen LogP contribution in [0.4, 0.5) is 0 Å². The van der Waals surface area contributed by atoms with E-state index in [1.807, 2.05) is 18.2 Å². The Hall–Kier alpha value is -0.780. The molecule has 0 saturated heterocycles. The molecule has 9 heavy (non-hydrogen) atoms. The molecule has 0 amide bonds. The summed E-state index contributed by atoms with van der Waals surface area (Å²) in [5.74, 6) is 0. The number of rotatable bonds is 1. The molecule has 1 rings (SSSR count). The summed E-state index contributed by atoms with van der Waals surface area (Å²) in [5, 5.41) is 0. The fraction of sp³-hybridized carbons (Fsp3) is 0.222. The van der Waals surface area contributed by atoms with Crippen LogP contribution in [-0.4, -0.2) is 0 Å². The molecule has 1 aromatic rings. The minimum absolute atomic E-state index is 1.08. The molecule has 0 spiro atoms. The SMILES string of the molecule is [CH2]c1ccccc1CC. The van der Waals surface area contributed by atoms with E-state index in [9.17, 15) is 0 Å². The minimum Gasteiger partial charge on any atom is -0.0620 e. The molecule has 0 unspecified atom stereocenters. The summed E-state index contributed by atoms with van der Waals surface area (Å²) >= 11 is 0. The zero-order chi connectivity index (χ0) is 6.69. The van der Waals surface area contributed by atoms with Gasteiger partial charge in [0.25, 0.3) is 0 Å². The van der Waals surface area contributed by atoms with Crippen molar-refractivity contribution < 1.29 is 0 Å². The quantitative estimate of drug-likeness (QED) is 0.532. The van der Waals surface area contributed by atoms with Crippen molar-refractivity contribution in [2.75, 3.05) is 0 Å². The van der Waals surface area contributed by atoms with Crippen LogP contribution in [0.2, 0.25) is 0 Å². The van der Waals surface area contributed by atoms with Gasteiger partial charge in [-0.25, -0.2) is 0 Å². The monoisotopic (exact) mass is 119 g/mol. The van der Waals surface area contributed by atoms with Crippen LogP contribution in [0.1, 0.15) is 18.1 Å². The van der Waals surface area contributed by atoms with Crippen molar-refractivity contribution in [2.24, 2.45) is 0 Å². The van der Waals surface area contributed by atoms with Crippen molar-refractivity contribution in [1.29, 1.82) is 0 Å². The maximum absolute atomic E-state index is 3.89. The summed E-state index contributed by atoms with van der Waals surface area (Å²) in [7, 11) is 0. The molecule has 1 radical (unpaired) electrons. The van der Waals surface area contributed by atoms with Crippen molar-refractivity contribution in [1.82, 2.24) is 0 Å². The zero-order valence-electron chi connectivity index (χ0n) is 5.72. The van der Waals surface area contributed by atoms with Gasteiger partial charge >= 0.3 is 0 Å². The molecule has 0 aliphatic rings. The standard InChI is InChI=1S/C9H11/c1-3-9-7-5-4-6-8(9)2/h4-7H,2-3H2,1H3.